The fourth-order valence-electron chi connectivity index (χ4n) is 3.18. The molecule has 0 aromatic carbocycles. The van der Waals surface area contributed by atoms with Gasteiger partial charge in [-0.05, 0) is 23.7 Å². The van der Waals surface area contributed by atoms with Crippen LogP contribution in [0.4, 0.5) is 0 Å². The van der Waals surface area contributed by atoms with Crippen molar-refractivity contribution in [3.05, 3.63) is 0 Å². The largest absolute Gasteiger partial charge is 0.481 e. The monoisotopic (exact) mass is 154 g/mol. The van der Waals surface area contributed by atoms with E-state index in [1.54, 1.807) is 0 Å². The van der Waals surface area contributed by atoms with Crippen LogP contribution in [0.15, 0.2) is 0 Å². The third kappa shape index (κ3) is 0.569. The topological polar surface area (TPSA) is 37.3 Å². The molecule has 0 amide bonds. The minimum Gasteiger partial charge on any atom is -0.481 e. The van der Waals surface area contributed by atoms with E-state index in [0.717, 1.165) is 12.8 Å². The van der Waals surface area contributed by atoms with E-state index in [2.05, 4.69) is 13.8 Å². The van der Waals surface area contributed by atoms with Gasteiger partial charge in [-0.2, -0.15) is 0 Å². The molecule has 62 valence electrons. The van der Waals surface area contributed by atoms with Gasteiger partial charge < -0.3 is 5.11 Å². The highest BCUT2D eigenvalue weighted by molar-refractivity contribution is 5.77. The Bertz CT molecular complexity index is 208. The van der Waals surface area contributed by atoms with Crippen molar-refractivity contribution in [2.24, 2.45) is 16.7 Å². The zero-order chi connectivity index (χ0) is 8.28. The molecule has 3 atom stereocenters. The van der Waals surface area contributed by atoms with Gasteiger partial charge in [0.1, 0.15) is 0 Å². The maximum atomic E-state index is 10.8. The molecule has 2 nitrogen and oxygen atoms in total. The normalized spacial score (nSPS) is 53.8. The number of carboxylic acid groups (broad SMARTS) is 1. The minimum absolute atomic E-state index is 0.0521. The molecule has 0 aliphatic heterocycles. The first-order chi connectivity index (χ1) is 5.02. The van der Waals surface area contributed by atoms with Gasteiger partial charge in [-0.25, -0.2) is 0 Å². The first kappa shape index (κ1) is 7.14. The van der Waals surface area contributed by atoms with Gasteiger partial charge in [-0.1, -0.05) is 20.3 Å². The number of hydrogen-bond donors (Lipinski definition) is 1. The van der Waals surface area contributed by atoms with Crippen molar-refractivity contribution < 1.29 is 9.90 Å². The summed E-state index contributed by atoms with van der Waals surface area (Å²) in [4.78, 5) is 10.8. The maximum absolute atomic E-state index is 10.8. The predicted molar refractivity (Wildman–Crippen MR) is 41.2 cm³/mol. The van der Waals surface area contributed by atoms with Crippen LogP contribution >= 0.6 is 0 Å². The second kappa shape index (κ2) is 1.62. The Morgan fingerprint density at radius 2 is 1.82 bits per heavy atom. The average molecular weight is 154 g/mol. The Kier molecular flexibility index (Phi) is 1.05. The fraction of sp³-hybridized carbons (Fsp3) is 0.889. The van der Waals surface area contributed by atoms with E-state index < -0.39 is 5.97 Å². The zero-order valence-corrected chi connectivity index (χ0v) is 7.05. The van der Waals surface area contributed by atoms with Crippen LogP contribution in [0.5, 0.6) is 0 Å². The van der Waals surface area contributed by atoms with Crippen molar-refractivity contribution in [3.63, 3.8) is 0 Å². The third-order valence-corrected chi connectivity index (χ3v) is 4.13. The molecule has 0 saturated heterocycles. The highest BCUT2D eigenvalue weighted by Gasteiger charge is 2.75. The van der Waals surface area contributed by atoms with Gasteiger partial charge >= 0.3 is 5.97 Å². The molecule has 2 heteroatoms. The smallest absolute Gasteiger partial charge is 0.307 e. The molecular formula is C9H14O2. The highest BCUT2D eigenvalue weighted by Crippen LogP contribution is 2.77. The van der Waals surface area contributed by atoms with Crippen molar-refractivity contribution in [1.82, 2.24) is 0 Å². The third-order valence-electron chi connectivity index (χ3n) is 4.13. The average Bonchev–Trinajstić information content (AvgIpc) is 2.15. The Balaban J connectivity index is 2.27. The van der Waals surface area contributed by atoms with Crippen LogP contribution in [-0.2, 0) is 4.79 Å². The molecule has 0 aromatic heterocycles. The molecule has 2 aliphatic rings. The molecule has 0 aromatic rings. The molecule has 0 radical (unpaired) electrons. The molecule has 2 fully saturated rings. The maximum Gasteiger partial charge on any atom is 0.307 e. The summed E-state index contributed by atoms with van der Waals surface area (Å²) in [6, 6.07) is 0. The molecule has 2 saturated carbocycles. The molecule has 0 heterocycles. The van der Waals surface area contributed by atoms with Gasteiger partial charge in [0.15, 0.2) is 0 Å². The fourth-order valence-corrected chi connectivity index (χ4v) is 3.18. The SMILES string of the molecule is C[C@@]12CCC[C@]1(C)C2C(=O)O. The highest BCUT2D eigenvalue weighted by atomic mass is 16.4. The van der Waals surface area contributed by atoms with Crippen LogP contribution < -0.4 is 0 Å². The summed E-state index contributed by atoms with van der Waals surface area (Å²) in [7, 11) is 0. The number of carboxylic acids is 1. The summed E-state index contributed by atoms with van der Waals surface area (Å²) in [5.41, 5.74) is 0.275. The standard InChI is InChI=1S/C9H14O2/c1-8-4-3-5-9(8,2)6(8)7(10)11/h6H,3-5H2,1-2H3,(H,10,11)/t6?,8-,9+. The number of aliphatic carboxylic acids is 1. The predicted octanol–water partition coefficient (Wildman–Crippen LogP) is 1.90. The van der Waals surface area contributed by atoms with Gasteiger partial charge in [0.05, 0.1) is 5.92 Å². The van der Waals surface area contributed by atoms with Gasteiger partial charge in [0.25, 0.3) is 0 Å². The summed E-state index contributed by atoms with van der Waals surface area (Å²) < 4.78 is 0. The Morgan fingerprint density at radius 1 is 1.36 bits per heavy atom. The lowest BCUT2D eigenvalue weighted by Gasteiger charge is -2.02. The van der Waals surface area contributed by atoms with Crippen LogP contribution in [0.1, 0.15) is 33.1 Å². The lowest BCUT2D eigenvalue weighted by Crippen LogP contribution is -2.08. The molecule has 11 heavy (non-hydrogen) atoms. The quantitative estimate of drug-likeness (QED) is 0.626. The van der Waals surface area contributed by atoms with Crippen molar-refractivity contribution in [2.45, 2.75) is 33.1 Å². The number of rotatable bonds is 1. The van der Waals surface area contributed by atoms with Gasteiger partial charge in [0.2, 0.25) is 0 Å². The molecule has 2 aliphatic carbocycles. The second-order valence-electron chi connectivity index (χ2n) is 4.46. The van der Waals surface area contributed by atoms with Crippen molar-refractivity contribution in [1.29, 1.82) is 0 Å². The Hall–Kier alpha value is -0.530. The number of hydrogen-bond acceptors (Lipinski definition) is 1. The van der Waals surface area contributed by atoms with Gasteiger partial charge in [0, 0.05) is 0 Å². The van der Waals surface area contributed by atoms with Crippen molar-refractivity contribution in [3.8, 4) is 0 Å². The van der Waals surface area contributed by atoms with E-state index in [9.17, 15) is 4.79 Å². The first-order valence-corrected chi connectivity index (χ1v) is 4.25. The van der Waals surface area contributed by atoms with Crippen molar-refractivity contribution >= 4 is 5.97 Å². The number of fused-ring (bicyclic) bond motifs is 1. The molecule has 0 bridgehead atoms. The number of carbonyl (C=O) groups is 1. The summed E-state index contributed by atoms with van der Waals surface area (Å²) >= 11 is 0. The Morgan fingerprint density at radius 3 is 2.09 bits per heavy atom. The summed E-state index contributed by atoms with van der Waals surface area (Å²) in [6.45, 7) is 4.25. The van der Waals surface area contributed by atoms with Crippen LogP contribution in [0.3, 0.4) is 0 Å². The Labute approximate surface area is 66.6 Å². The molecule has 2 rings (SSSR count). The lowest BCUT2D eigenvalue weighted by molar-refractivity contribution is -0.140. The van der Waals surface area contributed by atoms with E-state index in [4.69, 9.17) is 5.11 Å². The van der Waals surface area contributed by atoms with Crippen LogP contribution in [0.2, 0.25) is 0 Å². The molecule has 0 spiro atoms. The van der Waals surface area contributed by atoms with E-state index in [0.29, 0.717) is 0 Å². The first-order valence-electron chi connectivity index (χ1n) is 4.25. The molecule has 1 unspecified atom stereocenters. The van der Waals surface area contributed by atoms with Crippen LogP contribution in [0, 0.1) is 16.7 Å². The van der Waals surface area contributed by atoms with Crippen LogP contribution in [-0.4, -0.2) is 11.1 Å². The van der Waals surface area contributed by atoms with E-state index >= 15 is 0 Å². The van der Waals surface area contributed by atoms with Crippen molar-refractivity contribution in [2.75, 3.05) is 0 Å². The van der Waals surface area contributed by atoms with Crippen LogP contribution in [0.25, 0.3) is 0 Å². The summed E-state index contributed by atoms with van der Waals surface area (Å²) in [5, 5.41) is 8.89. The van der Waals surface area contributed by atoms with E-state index in [-0.39, 0.29) is 16.7 Å². The second-order valence-corrected chi connectivity index (χ2v) is 4.46. The van der Waals surface area contributed by atoms with E-state index in [1.807, 2.05) is 0 Å². The van der Waals surface area contributed by atoms with E-state index in [1.165, 1.54) is 6.42 Å². The summed E-state index contributed by atoms with van der Waals surface area (Å²) in [6.07, 6.45) is 3.44. The molecule has 1 N–H and O–H groups in total. The lowest BCUT2D eigenvalue weighted by atomic mass is 10.0. The molecular weight excluding hydrogens is 140 g/mol. The van der Waals surface area contributed by atoms with Gasteiger partial charge in [-0.15, -0.1) is 0 Å². The zero-order valence-electron chi connectivity index (χ0n) is 7.05. The summed E-state index contributed by atoms with van der Waals surface area (Å²) in [5.74, 6) is -0.640. The van der Waals surface area contributed by atoms with Gasteiger partial charge in [-0.3, -0.25) is 4.79 Å². The minimum atomic E-state index is -0.588.